The predicted molar refractivity (Wildman–Crippen MR) is 88.7 cm³/mol. The zero-order valence-electron chi connectivity index (χ0n) is 12.4. The fraction of sp³-hybridized carbons (Fsp3) is 0.167. The van der Waals surface area contributed by atoms with Crippen LogP contribution in [0.5, 0.6) is 5.75 Å². The summed E-state index contributed by atoms with van der Waals surface area (Å²) in [6.07, 6.45) is 0.882. The molecule has 118 valence electrons. The van der Waals surface area contributed by atoms with Crippen molar-refractivity contribution in [3.8, 4) is 16.9 Å². The molecule has 0 aliphatic rings. The van der Waals surface area contributed by atoms with Crippen LogP contribution < -0.4 is 10.4 Å². The molecule has 3 nitrogen and oxygen atoms in total. The largest absolute Gasteiger partial charge is 0.493 e. The van der Waals surface area contributed by atoms with Crippen LogP contribution in [0.3, 0.4) is 0 Å². The highest BCUT2D eigenvalue weighted by atomic mass is 35.5. The van der Waals surface area contributed by atoms with Crippen molar-refractivity contribution >= 4 is 22.6 Å². The highest BCUT2D eigenvalue weighted by Crippen LogP contribution is 2.34. The SMILES string of the molecule is CCCOc1ccc2c(-c3ccc(F)cc3Cl)cc(=O)oc2c1. The molecule has 5 heteroatoms. The van der Waals surface area contributed by atoms with Crippen molar-refractivity contribution in [1.29, 1.82) is 0 Å². The Balaban J connectivity index is 2.19. The molecule has 0 radical (unpaired) electrons. The molecular weight excluding hydrogens is 319 g/mol. The Hall–Kier alpha value is -2.33. The van der Waals surface area contributed by atoms with Gasteiger partial charge in [0.15, 0.2) is 0 Å². The van der Waals surface area contributed by atoms with E-state index in [9.17, 15) is 9.18 Å². The quantitative estimate of drug-likeness (QED) is 0.628. The molecule has 0 amide bonds. The Morgan fingerprint density at radius 2 is 1.96 bits per heavy atom. The third kappa shape index (κ3) is 3.22. The average Bonchev–Trinajstić information content (AvgIpc) is 2.52. The Morgan fingerprint density at radius 3 is 2.70 bits per heavy atom. The van der Waals surface area contributed by atoms with Crippen molar-refractivity contribution in [3.63, 3.8) is 0 Å². The first-order valence-corrected chi connectivity index (χ1v) is 7.62. The van der Waals surface area contributed by atoms with Crippen molar-refractivity contribution in [2.24, 2.45) is 0 Å². The minimum atomic E-state index is -0.500. The van der Waals surface area contributed by atoms with Crippen LogP contribution in [0.25, 0.3) is 22.1 Å². The highest BCUT2D eigenvalue weighted by molar-refractivity contribution is 6.33. The van der Waals surface area contributed by atoms with E-state index in [1.807, 2.05) is 6.92 Å². The van der Waals surface area contributed by atoms with Gasteiger partial charge in [-0.05, 0) is 36.8 Å². The second-order valence-corrected chi connectivity index (χ2v) is 5.52. The van der Waals surface area contributed by atoms with E-state index in [0.29, 0.717) is 34.5 Å². The lowest BCUT2D eigenvalue weighted by molar-refractivity contribution is 0.317. The van der Waals surface area contributed by atoms with E-state index >= 15 is 0 Å². The maximum Gasteiger partial charge on any atom is 0.336 e. The number of ether oxygens (including phenoxy) is 1. The first-order valence-electron chi connectivity index (χ1n) is 7.24. The minimum Gasteiger partial charge on any atom is -0.493 e. The van der Waals surface area contributed by atoms with Gasteiger partial charge in [0.1, 0.15) is 17.1 Å². The number of hydrogen-bond acceptors (Lipinski definition) is 3. The number of benzene rings is 2. The Kier molecular flexibility index (Phi) is 4.35. The van der Waals surface area contributed by atoms with Gasteiger partial charge in [-0.15, -0.1) is 0 Å². The lowest BCUT2D eigenvalue weighted by Crippen LogP contribution is -2.00. The van der Waals surface area contributed by atoms with E-state index in [2.05, 4.69) is 0 Å². The summed E-state index contributed by atoms with van der Waals surface area (Å²) in [6.45, 7) is 2.59. The first kappa shape index (κ1) is 15.6. The monoisotopic (exact) mass is 332 g/mol. The zero-order valence-corrected chi connectivity index (χ0v) is 13.2. The molecule has 0 saturated carbocycles. The van der Waals surface area contributed by atoms with Crippen molar-refractivity contribution in [1.82, 2.24) is 0 Å². The van der Waals surface area contributed by atoms with Crippen LogP contribution in [0.1, 0.15) is 13.3 Å². The topological polar surface area (TPSA) is 39.4 Å². The predicted octanol–water partition coefficient (Wildman–Crippen LogP) is 5.04. The summed E-state index contributed by atoms with van der Waals surface area (Å²) in [6, 6.07) is 10.7. The van der Waals surface area contributed by atoms with Gasteiger partial charge in [0.05, 0.1) is 11.6 Å². The minimum absolute atomic E-state index is 0.239. The molecule has 0 fully saturated rings. The van der Waals surface area contributed by atoms with Crippen molar-refractivity contribution in [2.75, 3.05) is 6.61 Å². The van der Waals surface area contributed by atoms with Gasteiger partial charge < -0.3 is 9.15 Å². The average molecular weight is 333 g/mol. The van der Waals surface area contributed by atoms with Crippen LogP contribution in [-0.2, 0) is 0 Å². The lowest BCUT2D eigenvalue weighted by Gasteiger charge is -2.09. The maximum atomic E-state index is 13.2. The van der Waals surface area contributed by atoms with Gasteiger partial charge in [-0.3, -0.25) is 0 Å². The zero-order chi connectivity index (χ0) is 16.4. The van der Waals surface area contributed by atoms with Gasteiger partial charge in [0, 0.05) is 28.6 Å². The molecule has 1 heterocycles. The summed E-state index contributed by atoms with van der Waals surface area (Å²) in [4.78, 5) is 11.9. The Morgan fingerprint density at radius 1 is 1.13 bits per heavy atom. The second-order valence-electron chi connectivity index (χ2n) is 5.11. The third-order valence-corrected chi connectivity index (χ3v) is 3.72. The van der Waals surface area contributed by atoms with Crippen LogP contribution in [-0.4, -0.2) is 6.61 Å². The molecular formula is C18H14ClFO3. The van der Waals surface area contributed by atoms with Crippen molar-refractivity contribution in [3.05, 3.63) is 63.7 Å². The van der Waals surface area contributed by atoms with E-state index < -0.39 is 11.4 Å². The lowest BCUT2D eigenvalue weighted by atomic mass is 10.0. The van der Waals surface area contributed by atoms with Gasteiger partial charge in [-0.25, -0.2) is 9.18 Å². The summed E-state index contributed by atoms with van der Waals surface area (Å²) in [7, 11) is 0. The van der Waals surface area contributed by atoms with Crippen LogP contribution in [0.2, 0.25) is 5.02 Å². The summed E-state index contributed by atoms with van der Waals surface area (Å²) < 4.78 is 24.1. The molecule has 1 aromatic heterocycles. The fourth-order valence-electron chi connectivity index (χ4n) is 2.38. The molecule has 0 aliphatic heterocycles. The molecule has 0 atom stereocenters. The van der Waals surface area contributed by atoms with E-state index in [-0.39, 0.29) is 5.02 Å². The molecule has 0 saturated heterocycles. The first-order chi connectivity index (χ1) is 11.1. The molecule has 0 N–H and O–H groups in total. The van der Waals surface area contributed by atoms with Crippen LogP contribution in [0, 0.1) is 5.82 Å². The summed E-state index contributed by atoms with van der Waals surface area (Å²) in [5.74, 6) is 0.200. The van der Waals surface area contributed by atoms with Gasteiger partial charge >= 0.3 is 5.63 Å². The van der Waals surface area contributed by atoms with Crippen LogP contribution >= 0.6 is 11.6 Å². The number of fused-ring (bicyclic) bond motifs is 1. The molecule has 23 heavy (non-hydrogen) atoms. The molecule has 0 unspecified atom stereocenters. The molecule has 3 aromatic rings. The molecule has 0 bridgehead atoms. The normalized spacial score (nSPS) is 10.9. The van der Waals surface area contributed by atoms with Crippen molar-refractivity contribution in [2.45, 2.75) is 13.3 Å². The second kappa shape index (κ2) is 6.42. The van der Waals surface area contributed by atoms with Crippen molar-refractivity contribution < 1.29 is 13.5 Å². The van der Waals surface area contributed by atoms with Crippen LogP contribution in [0.15, 0.2) is 51.7 Å². The molecule has 3 rings (SSSR count). The van der Waals surface area contributed by atoms with Gasteiger partial charge in [0.25, 0.3) is 0 Å². The maximum absolute atomic E-state index is 13.2. The van der Waals surface area contributed by atoms with E-state index in [0.717, 1.165) is 6.42 Å². The summed E-state index contributed by atoms with van der Waals surface area (Å²) in [5, 5.41) is 0.949. The molecule has 0 spiro atoms. The Labute approximate surface area is 137 Å². The third-order valence-electron chi connectivity index (χ3n) is 3.41. The summed E-state index contributed by atoms with van der Waals surface area (Å²) >= 11 is 6.12. The number of halogens is 2. The number of rotatable bonds is 4. The highest BCUT2D eigenvalue weighted by Gasteiger charge is 2.12. The molecule has 0 aliphatic carbocycles. The molecule has 2 aromatic carbocycles. The van der Waals surface area contributed by atoms with Gasteiger partial charge in [-0.1, -0.05) is 18.5 Å². The van der Waals surface area contributed by atoms with E-state index in [1.165, 1.54) is 18.2 Å². The van der Waals surface area contributed by atoms with Crippen LogP contribution in [0.4, 0.5) is 4.39 Å². The smallest absolute Gasteiger partial charge is 0.336 e. The standard InChI is InChI=1S/C18H14ClFO3/c1-2-7-22-12-4-6-14-15(10-18(21)23-17(14)9-12)13-5-3-11(20)8-16(13)19/h3-6,8-10H,2,7H2,1H3. The van der Waals surface area contributed by atoms with Gasteiger partial charge in [0.2, 0.25) is 0 Å². The van der Waals surface area contributed by atoms with E-state index in [1.54, 1.807) is 24.3 Å². The summed E-state index contributed by atoms with van der Waals surface area (Å²) in [5.41, 5.74) is 1.08. The fourth-order valence-corrected chi connectivity index (χ4v) is 2.65. The Bertz CT molecular complexity index is 918. The van der Waals surface area contributed by atoms with Gasteiger partial charge in [-0.2, -0.15) is 0 Å². The number of hydrogen-bond donors (Lipinski definition) is 0. The van der Waals surface area contributed by atoms with E-state index in [4.69, 9.17) is 20.8 Å².